The zero-order valence-electron chi connectivity index (χ0n) is 7.62. The Bertz CT molecular complexity index is 211. The molecule has 0 saturated carbocycles. The smallest absolute Gasteiger partial charge is 0.406 e. The molecule has 1 amide bonds. The van der Waals surface area contributed by atoms with Crippen LogP contribution in [-0.2, 0) is 4.79 Å². The van der Waals surface area contributed by atoms with E-state index >= 15 is 0 Å². The van der Waals surface area contributed by atoms with Gasteiger partial charge in [-0.1, -0.05) is 0 Å². The largest absolute Gasteiger partial charge is 0.465 e. The Balaban J connectivity index is 2.55. The van der Waals surface area contributed by atoms with Crippen LogP contribution in [0.15, 0.2) is 0 Å². The fourth-order valence-electron chi connectivity index (χ4n) is 1.57. The molecular weight excluding hydrogens is 172 g/mol. The molecule has 1 saturated heterocycles. The lowest BCUT2D eigenvalue weighted by Crippen LogP contribution is -2.50. The Morgan fingerprint density at radius 1 is 1.38 bits per heavy atom. The summed E-state index contributed by atoms with van der Waals surface area (Å²) < 4.78 is 0. The van der Waals surface area contributed by atoms with Crippen molar-refractivity contribution in [2.75, 3.05) is 13.1 Å². The highest BCUT2D eigenvalue weighted by Crippen LogP contribution is 2.10. The molecule has 1 aliphatic rings. The normalized spacial score (nSPS) is 19.8. The number of likely N-dealkylation sites (tertiary alicyclic amines) is 1. The average Bonchev–Trinajstić information content (AvgIpc) is 2.50. The minimum atomic E-state index is -1.15. The van der Waals surface area contributed by atoms with Crippen LogP contribution in [0.5, 0.6) is 0 Å². The van der Waals surface area contributed by atoms with Crippen molar-refractivity contribution in [2.24, 2.45) is 0 Å². The molecule has 0 bridgehead atoms. The Labute approximate surface area is 76.7 Å². The van der Waals surface area contributed by atoms with Crippen LogP contribution in [0, 0.1) is 0 Å². The predicted molar refractivity (Wildman–Crippen MR) is 46.4 cm³/mol. The Kier molecular flexibility index (Phi) is 3.25. The van der Waals surface area contributed by atoms with E-state index in [1.807, 2.05) is 4.90 Å². The maximum atomic E-state index is 11.1. The molecule has 1 aliphatic heterocycles. The van der Waals surface area contributed by atoms with Gasteiger partial charge < -0.3 is 5.11 Å². The second-order valence-corrected chi connectivity index (χ2v) is 3.21. The number of amides is 1. The summed E-state index contributed by atoms with van der Waals surface area (Å²) >= 11 is 0. The topological polar surface area (TPSA) is 69.6 Å². The zero-order valence-corrected chi connectivity index (χ0v) is 7.62. The quantitative estimate of drug-likeness (QED) is 0.663. The fraction of sp³-hybridized carbons (Fsp3) is 0.750. The summed E-state index contributed by atoms with van der Waals surface area (Å²) in [6, 6.07) is 0. The van der Waals surface area contributed by atoms with Gasteiger partial charge in [0, 0.05) is 13.1 Å². The van der Waals surface area contributed by atoms with Crippen molar-refractivity contribution in [3.8, 4) is 0 Å². The molecule has 1 unspecified atom stereocenters. The molecule has 0 aromatic carbocycles. The number of nitrogens with one attached hydrogen (secondary N) is 1. The molecule has 0 aromatic rings. The van der Waals surface area contributed by atoms with Crippen LogP contribution < -0.4 is 5.32 Å². The van der Waals surface area contributed by atoms with Gasteiger partial charge in [0.1, 0.15) is 6.17 Å². The van der Waals surface area contributed by atoms with E-state index in [4.69, 9.17) is 5.11 Å². The molecule has 0 radical (unpaired) electrons. The molecule has 2 N–H and O–H groups in total. The Morgan fingerprint density at radius 3 is 2.31 bits per heavy atom. The maximum Gasteiger partial charge on any atom is 0.406 e. The van der Waals surface area contributed by atoms with Crippen molar-refractivity contribution in [1.82, 2.24) is 10.2 Å². The Morgan fingerprint density at radius 2 is 1.92 bits per heavy atom. The van der Waals surface area contributed by atoms with E-state index in [0.717, 1.165) is 25.9 Å². The summed E-state index contributed by atoms with van der Waals surface area (Å²) in [7, 11) is 0. The van der Waals surface area contributed by atoms with E-state index in [9.17, 15) is 9.59 Å². The third kappa shape index (κ3) is 2.69. The summed E-state index contributed by atoms with van der Waals surface area (Å²) in [5.74, 6) is -0.149. The SMILES string of the molecule is CC(=O)C(NC(=O)O)N1CCCC1. The summed E-state index contributed by atoms with van der Waals surface area (Å²) in [5.41, 5.74) is 0. The van der Waals surface area contributed by atoms with Crippen LogP contribution in [-0.4, -0.2) is 41.1 Å². The summed E-state index contributed by atoms with van der Waals surface area (Å²) in [5, 5.41) is 10.7. The number of carbonyl (C=O) groups excluding carboxylic acids is 1. The molecule has 0 aliphatic carbocycles. The third-order valence-corrected chi connectivity index (χ3v) is 2.15. The number of carboxylic acid groups (broad SMARTS) is 1. The summed E-state index contributed by atoms with van der Waals surface area (Å²) in [4.78, 5) is 23.3. The van der Waals surface area contributed by atoms with Gasteiger partial charge in [-0.3, -0.25) is 15.0 Å². The number of hydrogen-bond acceptors (Lipinski definition) is 3. The highest BCUT2D eigenvalue weighted by atomic mass is 16.4. The highest BCUT2D eigenvalue weighted by molar-refractivity contribution is 5.84. The molecule has 5 heteroatoms. The van der Waals surface area contributed by atoms with Crippen LogP contribution >= 0.6 is 0 Å². The average molecular weight is 186 g/mol. The van der Waals surface area contributed by atoms with Crippen molar-refractivity contribution >= 4 is 11.9 Å². The molecule has 1 rings (SSSR count). The van der Waals surface area contributed by atoms with Gasteiger partial charge in [0.2, 0.25) is 0 Å². The van der Waals surface area contributed by atoms with Crippen LogP contribution in [0.4, 0.5) is 4.79 Å². The van der Waals surface area contributed by atoms with Gasteiger partial charge >= 0.3 is 6.09 Å². The summed E-state index contributed by atoms with van der Waals surface area (Å²) in [6.45, 7) is 2.99. The molecule has 1 atom stereocenters. The third-order valence-electron chi connectivity index (χ3n) is 2.15. The van der Waals surface area contributed by atoms with Crippen molar-refractivity contribution in [2.45, 2.75) is 25.9 Å². The first kappa shape index (κ1) is 9.98. The van der Waals surface area contributed by atoms with E-state index in [1.54, 1.807) is 0 Å². The van der Waals surface area contributed by atoms with Crippen molar-refractivity contribution in [1.29, 1.82) is 0 Å². The van der Waals surface area contributed by atoms with Gasteiger partial charge in [-0.15, -0.1) is 0 Å². The number of carbonyl (C=O) groups is 2. The Hall–Kier alpha value is -1.10. The fourth-order valence-corrected chi connectivity index (χ4v) is 1.57. The molecule has 0 aromatic heterocycles. The van der Waals surface area contributed by atoms with E-state index in [-0.39, 0.29) is 5.78 Å². The van der Waals surface area contributed by atoms with Gasteiger partial charge in [0.15, 0.2) is 5.78 Å². The zero-order chi connectivity index (χ0) is 9.84. The predicted octanol–water partition coefficient (Wildman–Crippen LogP) is 0.265. The van der Waals surface area contributed by atoms with Gasteiger partial charge in [0.25, 0.3) is 0 Å². The first-order valence-electron chi connectivity index (χ1n) is 4.35. The van der Waals surface area contributed by atoms with Crippen molar-refractivity contribution in [3.63, 3.8) is 0 Å². The number of Topliss-reactive ketones (excluding diaryl/α,β-unsaturated/α-hetero) is 1. The number of hydrogen-bond donors (Lipinski definition) is 2. The van der Waals surface area contributed by atoms with Crippen LogP contribution in [0.25, 0.3) is 0 Å². The highest BCUT2D eigenvalue weighted by Gasteiger charge is 2.26. The van der Waals surface area contributed by atoms with E-state index in [2.05, 4.69) is 5.32 Å². The van der Waals surface area contributed by atoms with Gasteiger partial charge in [-0.25, -0.2) is 4.79 Å². The lowest BCUT2D eigenvalue weighted by Gasteiger charge is -2.24. The second-order valence-electron chi connectivity index (χ2n) is 3.21. The van der Waals surface area contributed by atoms with E-state index in [1.165, 1.54) is 6.92 Å². The molecule has 1 heterocycles. The number of rotatable bonds is 3. The van der Waals surface area contributed by atoms with Crippen LogP contribution in [0.1, 0.15) is 19.8 Å². The molecule has 5 nitrogen and oxygen atoms in total. The second kappa shape index (κ2) is 4.23. The van der Waals surface area contributed by atoms with Gasteiger partial charge in [0.05, 0.1) is 0 Å². The standard InChI is InChI=1S/C8H14N2O3/c1-6(11)7(9-8(12)13)10-4-2-3-5-10/h7,9H,2-5H2,1H3,(H,12,13). The van der Waals surface area contributed by atoms with E-state index in [0.29, 0.717) is 0 Å². The van der Waals surface area contributed by atoms with Crippen LogP contribution in [0.2, 0.25) is 0 Å². The van der Waals surface area contributed by atoms with E-state index < -0.39 is 12.3 Å². The molecular formula is C8H14N2O3. The molecule has 74 valence electrons. The lowest BCUT2D eigenvalue weighted by atomic mass is 10.3. The number of nitrogens with zero attached hydrogens (tertiary/aromatic N) is 1. The molecule has 13 heavy (non-hydrogen) atoms. The molecule has 1 fully saturated rings. The maximum absolute atomic E-state index is 11.1. The molecule has 0 spiro atoms. The van der Waals surface area contributed by atoms with Gasteiger partial charge in [-0.2, -0.15) is 0 Å². The lowest BCUT2D eigenvalue weighted by molar-refractivity contribution is -0.122. The van der Waals surface area contributed by atoms with Gasteiger partial charge in [-0.05, 0) is 19.8 Å². The van der Waals surface area contributed by atoms with Crippen LogP contribution in [0.3, 0.4) is 0 Å². The van der Waals surface area contributed by atoms with Crippen molar-refractivity contribution in [3.05, 3.63) is 0 Å². The first-order valence-corrected chi connectivity index (χ1v) is 4.35. The first-order chi connectivity index (χ1) is 6.11. The number of ketones is 1. The monoisotopic (exact) mass is 186 g/mol. The minimum Gasteiger partial charge on any atom is -0.465 e. The van der Waals surface area contributed by atoms with Crippen molar-refractivity contribution < 1.29 is 14.7 Å². The minimum absolute atomic E-state index is 0.149. The summed E-state index contributed by atoms with van der Waals surface area (Å²) in [6.07, 6.45) is 0.267.